The van der Waals surface area contributed by atoms with Crippen molar-refractivity contribution in [3.8, 4) is 0 Å². The van der Waals surface area contributed by atoms with Gasteiger partial charge in [0.1, 0.15) is 0 Å². The monoisotopic (exact) mass is 387 g/mol. The van der Waals surface area contributed by atoms with Gasteiger partial charge in [0.25, 0.3) is 5.91 Å². The molecule has 8 heteroatoms. The molecular weight excluding hydrogens is 371 g/mol. The zero-order valence-electron chi connectivity index (χ0n) is 14.8. The van der Waals surface area contributed by atoms with E-state index in [1.54, 1.807) is 25.1 Å². The number of benzene rings is 2. The molecule has 1 heterocycles. The molecule has 2 amide bonds. The van der Waals surface area contributed by atoms with E-state index in [-0.39, 0.29) is 16.8 Å². The van der Waals surface area contributed by atoms with Gasteiger partial charge in [-0.2, -0.15) is 13.2 Å². The third-order valence-corrected chi connectivity index (χ3v) is 4.05. The molecule has 3 aromatic rings. The maximum absolute atomic E-state index is 13.6. The van der Waals surface area contributed by atoms with Crippen LogP contribution in [0.1, 0.15) is 29.3 Å². The minimum atomic E-state index is -4.72. The van der Waals surface area contributed by atoms with Crippen LogP contribution in [-0.4, -0.2) is 16.8 Å². The third-order valence-electron chi connectivity index (χ3n) is 4.05. The number of hydrogen-bond acceptors (Lipinski definition) is 3. The van der Waals surface area contributed by atoms with Crippen LogP contribution >= 0.6 is 0 Å². The second kappa shape index (κ2) is 7.67. The normalized spacial score (nSPS) is 11.3. The van der Waals surface area contributed by atoms with Crippen LogP contribution in [0.15, 0.2) is 54.7 Å². The Kier molecular flexibility index (Phi) is 5.30. The number of carbonyl (C=O) groups excluding carboxylic acids is 2. The van der Waals surface area contributed by atoms with Gasteiger partial charge < -0.3 is 10.6 Å². The lowest BCUT2D eigenvalue weighted by molar-refractivity contribution is -0.136. The van der Waals surface area contributed by atoms with E-state index in [2.05, 4.69) is 15.6 Å². The molecule has 0 aliphatic carbocycles. The fourth-order valence-electron chi connectivity index (χ4n) is 2.70. The highest BCUT2D eigenvalue weighted by Gasteiger charge is 2.37. The molecule has 1 aromatic heterocycles. The van der Waals surface area contributed by atoms with Crippen molar-refractivity contribution in [2.75, 3.05) is 10.6 Å². The molecule has 0 aliphatic heterocycles. The third kappa shape index (κ3) is 4.11. The molecule has 0 saturated carbocycles. The average Bonchev–Trinajstić information content (AvgIpc) is 2.67. The van der Waals surface area contributed by atoms with Gasteiger partial charge in [0, 0.05) is 29.4 Å². The first kappa shape index (κ1) is 19.3. The lowest BCUT2D eigenvalue weighted by Crippen LogP contribution is -2.19. The van der Waals surface area contributed by atoms with E-state index in [4.69, 9.17) is 0 Å². The molecule has 0 spiro atoms. The molecule has 0 atom stereocenters. The molecule has 3 rings (SSSR count). The molecule has 0 radical (unpaired) electrons. The number of amides is 2. The summed E-state index contributed by atoms with van der Waals surface area (Å²) >= 11 is 0. The summed E-state index contributed by atoms with van der Waals surface area (Å²) in [7, 11) is 0. The number of aromatic nitrogens is 1. The van der Waals surface area contributed by atoms with E-state index in [1.807, 2.05) is 0 Å². The lowest BCUT2D eigenvalue weighted by atomic mass is 10.0. The number of anilines is 2. The van der Waals surface area contributed by atoms with Crippen molar-refractivity contribution in [1.82, 2.24) is 4.98 Å². The molecule has 144 valence electrons. The van der Waals surface area contributed by atoms with Crippen LogP contribution in [0.4, 0.5) is 24.5 Å². The zero-order chi connectivity index (χ0) is 20.3. The number of alkyl halides is 3. The Bertz CT molecular complexity index is 1030. The van der Waals surface area contributed by atoms with Crippen LogP contribution in [0.3, 0.4) is 0 Å². The Labute approximate surface area is 158 Å². The fourth-order valence-corrected chi connectivity index (χ4v) is 2.70. The number of fused-ring (bicyclic) bond motifs is 1. The van der Waals surface area contributed by atoms with E-state index in [0.29, 0.717) is 17.8 Å². The predicted molar refractivity (Wildman–Crippen MR) is 100 cm³/mol. The van der Waals surface area contributed by atoms with Crippen molar-refractivity contribution < 1.29 is 22.8 Å². The van der Waals surface area contributed by atoms with Gasteiger partial charge in [-0.25, -0.2) is 0 Å². The highest BCUT2D eigenvalue weighted by Crippen LogP contribution is 2.37. The van der Waals surface area contributed by atoms with Gasteiger partial charge in [-0.05, 0) is 30.3 Å². The summed E-state index contributed by atoms with van der Waals surface area (Å²) < 4.78 is 40.9. The standard InChI is InChI=1S/C20H16F3N3O2/c1-2-17(27)25-12-7-9-13(10-8-12)26-19(28)15-11-24-16-6-4-3-5-14(16)18(15)20(21,22)23/h3-11H,2H2,1H3,(H,25,27)(H,26,28). The van der Waals surface area contributed by atoms with E-state index >= 15 is 0 Å². The number of rotatable bonds is 4. The first-order chi connectivity index (χ1) is 13.3. The molecule has 0 fully saturated rings. The highest BCUT2D eigenvalue weighted by atomic mass is 19.4. The Morgan fingerprint density at radius 3 is 2.18 bits per heavy atom. The van der Waals surface area contributed by atoms with Gasteiger partial charge >= 0.3 is 6.18 Å². The summed E-state index contributed by atoms with van der Waals surface area (Å²) in [6, 6.07) is 11.9. The summed E-state index contributed by atoms with van der Waals surface area (Å²) in [4.78, 5) is 27.9. The van der Waals surface area contributed by atoms with Crippen molar-refractivity contribution >= 4 is 34.1 Å². The minimum absolute atomic E-state index is 0.139. The minimum Gasteiger partial charge on any atom is -0.326 e. The van der Waals surface area contributed by atoms with Gasteiger partial charge in [0.2, 0.25) is 5.91 Å². The van der Waals surface area contributed by atoms with Crippen molar-refractivity contribution in [2.24, 2.45) is 0 Å². The maximum Gasteiger partial charge on any atom is 0.417 e. The number of hydrogen-bond donors (Lipinski definition) is 2. The number of nitrogens with one attached hydrogen (secondary N) is 2. The largest absolute Gasteiger partial charge is 0.417 e. The molecule has 0 saturated heterocycles. The van der Waals surface area contributed by atoms with E-state index in [0.717, 1.165) is 6.20 Å². The van der Waals surface area contributed by atoms with Crippen LogP contribution in [0.2, 0.25) is 0 Å². The molecule has 0 unspecified atom stereocenters. The van der Waals surface area contributed by atoms with Crippen LogP contribution in [0, 0.1) is 0 Å². The van der Waals surface area contributed by atoms with Crippen LogP contribution in [-0.2, 0) is 11.0 Å². The smallest absolute Gasteiger partial charge is 0.326 e. The van der Waals surface area contributed by atoms with E-state index < -0.39 is 23.2 Å². The first-order valence-electron chi connectivity index (χ1n) is 8.46. The molecule has 28 heavy (non-hydrogen) atoms. The number of halogens is 3. The van der Waals surface area contributed by atoms with Crippen molar-refractivity contribution in [3.05, 3.63) is 65.9 Å². The lowest BCUT2D eigenvalue weighted by Gasteiger charge is -2.15. The predicted octanol–water partition coefficient (Wildman–Crippen LogP) is 4.85. The molecule has 2 aromatic carbocycles. The zero-order valence-corrected chi connectivity index (χ0v) is 14.8. The summed E-state index contributed by atoms with van der Waals surface area (Å²) in [5, 5.41) is 4.94. The highest BCUT2D eigenvalue weighted by molar-refractivity contribution is 6.08. The summed E-state index contributed by atoms with van der Waals surface area (Å²) in [5.41, 5.74) is -0.617. The molecule has 2 N–H and O–H groups in total. The van der Waals surface area contributed by atoms with Gasteiger partial charge in [-0.1, -0.05) is 25.1 Å². The van der Waals surface area contributed by atoms with Crippen molar-refractivity contribution in [2.45, 2.75) is 19.5 Å². The second-order valence-electron chi connectivity index (χ2n) is 5.99. The Morgan fingerprint density at radius 2 is 1.57 bits per heavy atom. The Hall–Kier alpha value is -3.42. The molecule has 0 bridgehead atoms. The number of para-hydroxylation sites is 1. The summed E-state index contributed by atoms with van der Waals surface area (Å²) in [5.74, 6) is -1.09. The number of nitrogens with zero attached hydrogens (tertiary/aromatic N) is 1. The quantitative estimate of drug-likeness (QED) is 0.672. The van der Waals surface area contributed by atoms with Gasteiger partial charge in [0.05, 0.1) is 16.6 Å². The van der Waals surface area contributed by atoms with Crippen LogP contribution < -0.4 is 10.6 Å². The molecule has 5 nitrogen and oxygen atoms in total. The number of pyridine rings is 1. The molecule has 0 aliphatic rings. The Morgan fingerprint density at radius 1 is 0.964 bits per heavy atom. The number of carbonyl (C=O) groups is 2. The summed E-state index contributed by atoms with van der Waals surface area (Å²) in [6.07, 6.45) is -3.48. The Balaban J connectivity index is 1.91. The fraction of sp³-hybridized carbons (Fsp3) is 0.150. The first-order valence-corrected chi connectivity index (χ1v) is 8.46. The summed E-state index contributed by atoms with van der Waals surface area (Å²) in [6.45, 7) is 1.71. The molecular formula is C20H16F3N3O2. The van der Waals surface area contributed by atoms with Crippen LogP contribution in [0.5, 0.6) is 0 Å². The maximum atomic E-state index is 13.6. The van der Waals surface area contributed by atoms with Crippen molar-refractivity contribution in [3.63, 3.8) is 0 Å². The van der Waals surface area contributed by atoms with Gasteiger partial charge in [-0.15, -0.1) is 0 Å². The van der Waals surface area contributed by atoms with Crippen molar-refractivity contribution in [1.29, 1.82) is 0 Å². The van der Waals surface area contributed by atoms with E-state index in [1.165, 1.54) is 30.3 Å². The van der Waals surface area contributed by atoms with E-state index in [9.17, 15) is 22.8 Å². The van der Waals surface area contributed by atoms with Gasteiger partial charge in [0.15, 0.2) is 0 Å². The topological polar surface area (TPSA) is 71.1 Å². The van der Waals surface area contributed by atoms with Crippen LogP contribution in [0.25, 0.3) is 10.9 Å². The average molecular weight is 387 g/mol. The second-order valence-corrected chi connectivity index (χ2v) is 5.99. The van der Waals surface area contributed by atoms with Gasteiger partial charge in [-0.3, -0.25) is 14.6 Å². The SMILES string of the molecule is CCC(=O)Nc1ccc(NC(=O)c2cnc3ccccc3c2C(F)(F)F)cc1.